The summed E-state index contributed by atoms with van der Waals surface area (Å²) in [5.41, 5.74) is 1.11. The van der Waals surface area contributed by atoms with Gasteiger partial charge in [-0.05, 0) is 60.4 Å². The van der Waals surface area contributed by atoms with Gasteiger partial charge in [0.15, 0.2) is 11.5 Å². The zero-order valence-electron chi connectivity index (χ0n) is 11.7. The Morgan fingerprint density at radius 1 is 1.42 bits per heavy atom. The minimum atomic E-state index is -0.269. The summed E-state index contributed by atoms with van der Waals surface area (Å²) in [7, 11) is 1.63. The third kappa shape index (κ3) is 5.38. The van der Waals surface area contributed by atoms with Crippen LogP contribution in [0.5, 0.6) is 11.5 Å². The van der Waals surface area contributed by atoms with Gasteiger partial charge < -0.3 is 19.9 Å². The van der Waals surface area contributed by atoms with Crippen molar-refractivity contribution < 1.29 is 14.6 Å². The quantitative estimate of drug-likeness (QED) is 0.719. The third-order valence-corrected chi connectivity index (χ3v) is 3.23. The van der Waals surface area contributed by atoms with E-state index in [2.05, 4.69) is 21.2 Å². The highest BCUT2D eigenvalue weighted by Crippen LogP contribution is 2.36. The predicted molar refractivity (Wildman–Crippen MR) is 79.9 cm³/mol. The van der Waals surface area contributed by atoms with E-state index in [0.717, 1.165) is 41.0 Å². The van der Waals surface area contributed by atoms with Crippen LogP contribution in [0.4, 0.5) is 0 Å². The van der Waals surface area contributed by atoms with Gasteiger partial charge in [0.05, 0.1) is 24.3 Å². The van der Waals surface area contributed by atoms with E-state index in [4.69, 9.17) is 9.47 Å². The molecule has 19 heavy (non-hydrogen) atoms. The summed E-state index contributed by atoms with van der Waals surface area (Å²) in [5.74, 6) is 1.46. The number of nitrogens with one attached hydrogen (secondary N) is 1. The van der Waals surface area contributed by atoms with E-state index >= 15 is 0 Å². The van der Waals surface area contributed by atoms with Gasteiger partial charge in [-0.2, -0.15) is 0 Å². The average Bonchev–Trinajstić information content (AvgIpc) is 2.35. The fourth-order valence-corrected chi connectivity index (χ4v) is 2.38. The molecule has 0 heterocycles. The normalized spacial score (nSPS) is 12.3. The van der Waals surface area contributed by atoms with Gasteiger partial charge in [0.25, 0.3) is 0 Å². The van der Waals surface area contributed by atoms with Crippen LogP contribution in [0.25, 0.3) is 0 Å². The van der Waals surface area contributed by atoms with Crippen LogP contribution >= 0.6 is 15.9 Å². The molecule has 0 aliphatic carbocycles. The van der Waals surface area contributed by atoms with Crippen LogP contribution < -0.4 is 14.8 Å². The molecular weight excluding hydrogens is 310 g/mol. The Kier molecular flexibility index (Phi) is 7.20. The van der Waals surface area contributed by atoms with Crippen molar-refractivity contribution in [2.24, 2.45) is 0 Å². The SMILES string of the molecule is CCOc1cc(CNCCC(C)O)cc(Br)c1OC. The molecule has 2 N–H and O–H groups in total. The van der Waals surface area contributed by atoms with Gasteiger partial charge >= 0.3 is 0 Å². The van der Waals surface area contributed by atoms with Crippen LogP contribution in [0.2, 0.25) is 0 Å². The van der Waals surface area contributed by atoms with Gasteiger partial charge in [0.1, 0.15) is 0 Å². The summed E-state index contributed by atoms with van der Waals surface area (Å²) in [6.07, 6.45) is 0.476. The highest BCUT2D eigenvalue weighted by Gasteiger charge is 2.10. The number of aliphatic hydroxyl groups excluding tert-OH is 1. The van der Waals surface area contributed by atoms with Crippen molar-refractivity contribution >= 4 is 15.9 Å². The number of ether oxygens (including phenoxy) is 2. The second-order valence-corrected chi connectivity index (χ2v) is 5.21. The van der Waals surface area contributed by atoms with E-state index < -0.39 is 0 Å². The number of aliphatic hydroxyl groups is 1. The summed E-state index contributed by atoms with van der Waals surface area (Å²) in [6, 6.07) is 3.99. The molecule has 1 rings (SSSR count). The number of benzene rings is 1. The van der Waals surface area contributed by atoms with E-state index in [-0.39, 0.29) is 6.10 Å². The Labute approximate surface area is 123 Å². The van der Waals surface area contributed by atoms with E-state index in [9.17, 15) is 5.11 Å². The molecule has 0 aliphatic rings. The monoisotopic (exact) mass is 331 g/mol. The van der Waals surface area contributed by atoms with Crippen molar-refractivity contribution in [3.05, 3.63) is 22.2 Å². The highest BCUT2D eigenvalue weighted by atomic mass is 79.9. The molecule has 5 heteroatoms. The first-order valence-corrected chi connectivity index (χ1v) is 7.25. The first-order chi connectivity index (χ1) is 9.08. The Balaban J connectivity index is 2.68. The lowest BCUT2D eigenvalue weighted by Gasteiger charge is -2.14. The largest absolute Gasteiger partial charge is 0.492 e. The highest BCUT2D eigenvalue weighted by molar-refractivity contribution is 9.10. The fourth-order valence-electron chi connectivity index (χ4n) is 1.73. The molecule has 0 aromatic heterocycles. The second-order valence-electron chi connectivity index (χ2n) is 4.36. The lowest BCUT2D eigenvalue weighted by Crippen LogP contribution is -2.18. The molecule has 1 aromatic carbocycles. The summed E-state index contributed by atoms with van der Waals surface area (Å²) < 4.78 is 11.8. The smallest absolute Gasteiger partial charge is 0.174 e. The van der Waals surface area contributed by atoms with Gasteiger partial charge in [-0.1, -0.05) is 0 Å². The molecule has 1 unspecified atom stereocenters. The standard InChI is InChI=1S/C14H22BrNO3/c1-4-19-13-8-11(7-12(15)14(13)18-3)9-16-6-5-10(2)17/h7-8,10,16-17H,4-6,9H2,1-3H3. The Hall–Kier alpha value is -0.780. The van der Waals surface area contributed by atoms with Gasteiger partial charge in [-0.25, -0.2) is 0 Å². The molecule has 4 nitrogen and oxygen atoms in total. The zero-order valence-corrected chi connectivity index (χ0v) is 13.3. The second kappa shape index (κ2) is 8.40. The van der Waals surface area contributed by atoms with Crippen molar-refractivity contribution in [3.63, 3.8) is 0 Å². The number of rotatable bonds is 8. The molecule has 0 spiro atoms. The Morgan fingerprint density at radius 2 is 2.16 bits per heavy atom. The fraction of sp³-hybridized carbons (Fsp3) is 0.571. The van der Waals surface area contributed by atoms with Gasteiger partial charge in [-0.15, -0.1) is 0 Å². The molecule has 0 saturated heterocycles. The average molecular weight is 332 g/mol. The zero-order chi connectivity index (χ0) is 14.3. The van der Waals surface area contributed by atoms with E-state index in [0.29, 0.717) is 6.61 Å². The van der Waals surface area contributed by atoms with Crippen molar-refractivity contribution in [2.75, 3.05) is 20.3 Å². The lowest BCUT2D eigenvalue weighted by atomic mass is 10.2. The minimum Gasteiger partial charge on any atom is -0.492 e. The number of hydrogen-bond donors (Lipinski definition) is 2. The predicted octanol–water partition coefficient (Wildman–Crippen LogP) is 2.72. The molecule has 108 valence electrons. The van der Waals surface area contributed by atoms with E-state index in [1.807, 2.05) is 19.1 Å². The first kappa shape index (κ1) is 16.3. The maximum absolute atomic E-state index is 9.19. The lowest BCUT2D eigenvalue weighted by molar-refractivity contribution is 0.183. The van der Waals surface area contributed by atoms with Crippen molar-refractivity contribution in [1.82, 2.24) is 5.32 Å². The molecule has 0 bridgehead atoms. The summed E-state index contributed by atoms with van der Waals surface area (Å²) in [5, 5.41) is 12.5. The van der Waals surface area contributed by atoms with Crippen molar-refractivity contribution in [3.8, 4) is 11.5 Å². The van der Waals surface area contributed by atoms with Gasteiger partial charge in [-0.3, -0.25) is 0 Å². The Bertz CT molecular complexity index is 397. The summed E-state index contributed by atoms with van der Waals surface area (Å²) >= 11 is 3.49. The van der Waals surface area contributed by atoms with Crippen LogP contribution in [-0.2, 0) is 6.54 Å². The minimum absolute atomic E-state index is 0.269. The maximum Gasteiger partial charge on any atom is 0.174 e. The first-order valence-electron chi connectivity index (χ1n) is 6.46. The molecule has 0 saturated carbocycles. The van der Waals surface area contributed by atoms with E-state index in [1.54, 1.807) is 14.0 Å². The topological polar surface area (TPSA) is 50.7 Å². The number of halogens is 1. The van der Waals surface area contributed by atoms with E-state index in [1.165, 1.54) is 0 Å². The molecule has 0 fully saturated rings. The van der Waals surface area contributed by atoms with Crippen LogP contribution in [0.15, 0.2) is 16.6 Å². The van der Waals surface area contributed by atoms with Gasteiger partial charge in [0, 0.05) is 6.54 Å². The number of methoxy groups -OCH3 is 1. The molecular formula is C14H22BrNO3. The summed E-state index contributed by atoms with van der Waals surface area (Å²) in [6.45, 7) is 5.85. The van der Waals surface area contributed by atoms with Crippen molar-refractivity contribution in [2.45, 2.75) is 32.9 Å². The van der Waals surface area contributed by atoms with Gasteiger partial charge in [0.2, 0.25) is 0 Å². The molecule has 0 amide bonds. The van der Waals surface area contributed by atoms with Crippen LogP contribution in [0.3, 0.4) is 0 Å². The third-order valence-electron chi connectivity index (χ3n) is 2.64. The summed E-state index contributed by atoms with van der Waals surface area (Å²) in [4.78, 5) is 0. The molecule has 1 atom stereocenters. The molecule has 1 aromatic rings. The Morgan fingerprint density at radius 3 is 2.74 bits per heavy atom. The number of hydrogen-bond acceptors (Lipinski definition) is 4. The maximum atomic E-state index is 9.19. The van der Waals surface area contributed by atoms with Crippen LogP contribution in [0.1, 0.15) is 25.8 Å². The van der Waals surface area contributed by atoms with Crippen LogP contribution in [0, 0.1) is 0 Å². The molecule has 0 radical (unpaired) electrons. The molecule has 0 aliphatic heterocycles. The van der Waals surface area contributed by atoms with Crippen LogP contribution in [-0.4, -0.2) is 31.5 Å². The van der Waals surface area contributed by atoms with Crippen molar-refractivity contribution in [1.29, 1.82) is 0 Å².